The van der Waals surface area contributed by atoms with Gasteiger partial charge in [-0.15, -0.1) is 11.8 Å². The van der Waals surface area contributed by atoms with Gasteiger partial charge in [-0.05, 0) is 24.6 Å². The maximum Gasteiger partial charge on any atom is 0.123 e. The van der Waals surface area contributed by atoms with Crippen molar-refractivity contribution in [1.29, 1.82) is 0 Å². The molecule has 5 heteroatoms. The van der Waals surface area contributed by atoms with Crippen LogP contribution in [0.25, 0.3) is 0 Å². The van der Waals surface area contributed by atoms with Crippen LogP contribution in [-0.2, 0) is 19.3 Å². The predicted octanol–water partition coefficient (Wildman–Crippen LogP) is 2.49. The summed E-state index contributed by atoms with van der Waals surface area (Å²) in [5.74, 6) is 1.75. The van der Waals surface area contributed by atoms with E-state index in [1.165, 1.54) is 10.6 Å². The molecule has 19 heavy (non-hydrogen) atoms. The van der Waals surface area contributed by atoms with Gasteiger partial charge in [-0.1, -0.05) is 12.1 Å². The van der Waals surface area contributed by atoms with Gasteiger partial charge in [0.25, 0.3) is 0 Å². The molecule has 1 heterocycles. The van der Waals surface area contributed by atoms with Gasteiger partial charge in [-0.25, -0.2) is 0 Å². The van der Waals surface area contributed by atoms with Gasteiger partial charge in [0.15, 0.2) is 0 Å². The zero-order valence-electron chi connectivity index (χ0n) is 11.5. The number of rotatable bonds is 5. The molecule has 0 aliphatic rings. The zero-order valence-corrected chi connectivity index (χ0v) is 12.3. The van der Waals surface area contributed by atoms with E-state index in [1.54, 1.807) is 18.9 Å². The molecule has 0 unspecified atom stereocenters. The molecule has 2 rings (SSSR count). The molecule has 0 radical (unpaired) electrons. The highest BCUT2D eigenvalue weighted by Crippen LogP contribution is 2.26. The second-order valence-corrected chi connectivity index (χ2v) is 5.38. The first kappa shape index (κ1) is 14.0. The molecular formula is C14H19N3OS. The van der Waals surface area contributed by atoms with Gasteiger partial charge in [0.1, 0.15) is 5.75 Å². The summed E-state index contributed by atoms with van der Waals surface area (Å²) in [6, 6.07) is 8.28. The molecule has 0 saturated heterocycles. The lowest BCUT2D eigenvalue weighted by atomic mass is 10.1. The number of nitrogens with two attached hydrogens (primary N) is 1. The fraction of sp³-hybridized carbons (Fsp3) is 0.357. The third-order valence-electron chi connectivity index (χ3n) is 2.92. The van der Waals surface area contributed by atoms with Crippen molar-refractivity contribution in [2.45, 2.75) is 24.2 Å². The van der Waals surface area contributed by atoms with E-state index >= 15 is 0 Å². The van der Waals surface area contributed by atoms with Gasteiger partial charge >= 0.3 is 0 Å². The molecule has 1 aromatic heterocycles. The third kappa shape index (κ3) is 3.30. The van der Waals surface area contributed by atoms with Crippen LogP contribution in [0.4, 0.5) is 0 Å². The first-order valence-electron chi connectivity index (χ1n) is 6.13. The second kappa shape index (κ2) is 6.12. The molecule has 0 fully saturated rings. The molecule has 0 spiro atoms. The van der Waals surface area contributed by atoms with Crippen molar-refractivity contribution < 1.29 is 4.74 Å². The normalized spacial score (nSPS) is 10.7. The number of methoxy groups -OCH3 is 1. The van der Waals surface area contributed by atoms with Gasteiger partial charge in [0.05, 0.1) is 17.8 Å². The minimum absolute atomic E-state index is 0.498. The number of ether oxygens (including phenoxy) is 1. The van der Waals surface area contributed by atoms with Crippen molar-refractivity contribution in [2.75, 3.05) is 7.11 Å². The van der Waals surface area contributed by atoms with Gasteiger partial charge in [-0.2, -0.15) is 5.10 Å². The molecule has 102 valence electrons. The summed E-state index contributed by atoms with van der Waals surface area (Å²) in [7, 11) is 3.64. The number of hydrogen-bond acceptors (Lipinski definition) is 4. The van der Waals surface area contributed by atoms with Gasteiger partial charge in [0.2, 0.25) is 0 Å². The van der Waals surface area contributed by atoms with Crippen molar-refractivity contribution in [3.8, 4) is 5.75 Å². The van der Waals surface area contributed by atoms with E-state index in [4.69, 9.17) is 10.5 Å². The Morgan fingerprint density at radius 1 is 1.37 bits per heavy atom. The third-order valence-corrected chi connectivity index (χ3v) is 4.07. The molecule has 2 N–H and O–H groups in total. The lowest BCUT2D eigenvalue weighted by molar-refractivity contribution is 0.409. The first-order chi connectivity index (χ1) is 9.13. The molecule has 0 aliphatic heterocycles. The van der Waals surface area contributed by atoms with Crippen LogP contribution >= 0.6 is 11.8 Å². The van der Waals surface area contributed by atoms with Gasteiger partial charge in [-0.3, -0.25) is 4.68 Å². The molecule has 4 nitrogen and oxygen atoms in total. The lowest BCUT2D eigenvalue weighted by Gasteiger charge is -2.09. The van der Waals surface area contributed by atoms with E-state index in [-0.39, 0.29) is 0 Å². The number of hydrogen-bond donors (Lipinski definition) is 1. The highest BCUT2D eigenvalue weighted by Gasteiger charge is 2.06. The highest BCUT2D eigenvalue weighted by atomic mass is 32.2. The molecular weight excluding hydrogens is 258 g/mol. The second-order valence-electron chi connectivity index (χ2n) is 4.39. The topological polar surface area (TPSA) is 53.1 Å². The van der Waals surface area contributed by atoms with Crippen LogP contribution in [-0.4, -0.2) is 16.9 Å². The van der Waals surface area contributed by atoms with Gasteiger partial charge in [0, 0.05) is 24.9 Å². The largest absolute Gasteiger partial charge is 0.496 e. The fourth-order valence-electron chi connectivity index (χ4n) is 1.93. The van der Waals surface area contributed by atoms with E-state index in [2.05, 4.69) is 23.3 Å². The number of thioether (sulfide) groups is 1. The Morgan fingerprint density at radius 3 is 2.74 bits per heavy atom. The van der Waals surface area contributed by atoms with Crippen molar-refractivity contribution in [3.05, 3.63) is 41.1 Å². The number of benzene rings is 1. The van der Waals surface area contributed by atoms with Crippen LogP contribution in [0, 0.1) is 6.92 Å². The quantitative estimate of drug-likeness (QED) is 0.853. The SMILES string of the molecule is COc1cc(CSc2cc(C)nn2C)ccc1CN. The molecule has 0 saturated carbocycles. The highest BCUT2D eigenvalue weighted by molar-refractivity contribution is 7.98. The van der Waals surface area contributed by atoms with Crippen LogP contribution < -0.4 is 10.5 Å². The molecule has 0 bridgehead atoms. The Bertz CT molecular complexity index is 566. The smallest absolute Gasteiger partial charge is 0.123 e. The summed E-state index contributed by atoms with van der Waals surface area (Å²) in [5.41, 5.74) is 8.96. The Morgan fingerprint density at radius 2 is 2.16 bits per heavy atom. The Labute approximate surface area is 117 Å². The van der Waals surface area contributed by atoms with E-state index in [0.717, 1.165) is 22.8 Å². The van der Waals surface area contributed by atoms with E-state index in [0.29, 0.717) is 6.54 Å². The zero-order chi connectivity index (χ0) is 13.8. The molecule has 2 aromatic rings. The summed E-state index contributed by atoms with van der Waals surface area (Å²) in [5, 5.41) is 5.51. The summed E-state index contributed by atoms with van der Waals surface area (Å²) in [6.45, 7) is 2.50. The van der Waals surface area contributed by atoms with Crippen molar-refractivity contribution in [2.24, 2.45) is 12.8 Å². The minimum atomic E-state index is 0.498. The summed E-state index contributed by atoms with van der Waals surface area (Å²) < 4.78 is 7.26. The number of aryl methyl sites for hydroxylation is 2. The van der Waals surface area contributed by atoms with Crippen molar-refractivity contribution >= 4 is 11.8 Å². The molecule has 1 aromatic carbocycles. The standard InChI is InChI=1S/C14H19N3OS/c1-10-6-14(17(2)16-10)19-9-11-4-5-12(8-15)13(7-11)18-3/h4-7H,8-9,15H2,1-3H3. The van der Waals surface area contributed by atoms with E-state index < -0.39 is 0 Å². The van der Waals surface area contributed by atoms with Crippen LogP contribution in [0.2, 0.25) is 0 Å². The van der Waals surface area contributed by atoms with Gasteiger partial charge < -0.3 is 10.5 Å². The Kier molecular flexibility index (Phi) is 4.50. The van der Waals surface area contributed by atoms with Crippen LogP contribution in [0.1, 0.15) is 16.8 Å². The summed E-state index contributed by atoms with van der Waals surface area (Å²) >= 11 is 1.77. The summed E-state index contributed by atoms with van der Waals surface area (Å²) in [4.78, 5) is 0. The number of aromatic nitrogens is 2. The first-order valence-corrected chi connectivity index (χ1v) is 7.12. The molecule has 0 aliphatic carbocycles. The van der Waals surface area contributed by atoms with E-state index in [1.807, 2.05) is 24.7 Å². The van der Waals surface area contributed by atoms with Crippen molar-refractivity contribution in [3.63, 3.8) is 0 Å². The van der Waals surface area contributed by atoms with Crippen LogP contribution in [0.3, 0.4) is 0 Å². The maximum atomic E-state index is 5.67. The summed E-state index contributed by atoms with van der Waals surface area (Å²) in [6.07, 6.45) is 0. The molecule has 0 atom stereocenters. The number of nitrogens with zero attached hydrogens (tertiary/aromatic N) is 2. The monoisotopic (exact) mass is 277 g/mol. The Hall–Kier alpha value is -1.46. The fourth-order valence-corrected chi connectivity index (χ4v) is 2.90. The van der Waals surface area contributed by atoms with Crippen molar-refractivity contribution in [1.82, 2.24) is 9.78 Å². The maximum absolute atomic E-state index is 5.67. The lowest BCUT2D eigenvalue weighted by Crippen LogP contribution is -2.00. The molecule has 0 amide bonds. The van der Waals surface area contributed by atoms with E-state index in [9.17, 15) is 0 Å². The van der Waals surface area contributed by atoms with Crippen LogP contribution in [0.5, 0.6) is 5.75 Å². The Balaban J connectivity index is 2.09. The van der Waals surface area contributed by atoms with Crippen LogP contribution in [0.15, 0.2) is 29.3 Å². The predicted molar refractivity (Wildman–Crippen MR) is 78.4 cm³/mol. The minimum Gasteiger partial charge on any atom is -0.496 e. The average Bonchev–Trinajstić information content (AvgIpc) is 2.74. The average molecular weight is 277 g/mol.